The zero-order valence-corrected chi connectivity index (χ0v) is 17.7. The van der Waals surface area contributed by atoms with Gasteiger partial charge >= 0.3 is 5.97 Å². The maximum absolute atomic E-state index is 12.6. The van der Waals surface area contributed by atoms with E-state index in [2.05, 4.69) is 42.2 Å². The van der Waals surface area contributed by atoms with Crippen molar-refractivity contribution in [1.29, 1.82) is 0 Å². The highest BCUT2D eigenvalue weighted by Gasteiger charge is 2.29. The molecular weight excluding hydrogens is 400 g/mol. The lowest BCUT2D eigenvalue weighted by Gasteiger charge is -2.09. The first-order valence-corrected chi connectivity index (χ1v) is 11.2. The topological polar surface area (TPSA) is 26.3 Å². The Morgan fingerprint density at radius 1 is 0.677 bits per heavy atom. The zero-order chi connectivity index (χ0) is 21.3. The number of hydrogen-bond donors (Lipinski definition) is 0. The third kappa shape index (κ3) is 5.45. The summed E-state index contributed by atoms with van der Waals surface area (Å²) in [6, 6.07) is 38.0. The molecule has 0 radical (unpaired) electrons. The van der Waals surface area contributed by atoms with E-state index >= 15 is 0 Å². The Morgan fingerprint density at radius 2 is 1.23 bits per heavy atom. The third-order valence-electron chi connectivity index (χ3n) is 4.55. The van der Waals surface area contributed by atoms with Crippen molar-refractivity contribution in [2.75, 3.05) is 6.61 Å². The molecule has 0 spiro atoms. The number of esters is 1. The monoisotopic (exact) mass is 421 g/mol. The van der Waals surface area contributed by atoms with Crippen molar-refractivity contribution >= 4 is 16.9 Å². The van der Waals surface area contributed by atoms with Crippen LogP contribution in [0.5, 0.6) is 0 Å². The quantitative estimate of drug-likeness (QED) is 0.225. The zero-order valence-electron chi connectivity index (χ0n) is 16.9. The van der Waals surface area contributed by atoms with Crippen molar-refractivity contribution in [3.63, 3.8) is 0 Å². The molecule has 0 saturated carbocycles. The van der Waals surface area contributed by atoms with Gasteiger partial charge in [0, 0.05) is 11.6 Å². The smallest absolute Gasteiger partial charge is 0.339 e. The van der Waals surface area contributed by atoms with E-state index in [9.17, 15) is 4.79 Å². The molecule has 0 bridgehead atoms. The first-order valence-electron chi connectivity index (χ1n) is 9.97. The fourth-order valence-electron chi connectivity index (χ4n) is 3.12. The molecule has 0 aliphatic heterocycles. The molecule has 0 unspecified atom stereocenters. The maximum Gasteiger partial charge on any atom is 0.339 e. The van der Waals surface area contributed by atoms with Crippen LogP contribution in [0.3, 0.4) is 0 Å². The van der Waals surface area contributed by atoms with Crippen LogP contribution in [0.4, 0.5) is 0 Å². The van der Waals surface area contributed by atoms with Gasteiger partial charge in [0.2, 0.25) is 0 Å². The molecular formula is C28H21O2S+. The standard InChI is InChI=1S/C28H21O2S/c29-28(30-21-11-14-23-12-4-1-5-13-23)24-15-10-20-27(22-24)31(25-16-6-2-7-17-25)26-18-8-3-9-19-26/h1-10,12-13,15-20,22H,21H2/q+1. The van der Waals surface area contributed by atoms with Gasteiger partial charge in [0.05, 0.1) is 16.5 Å². The van der Waals surface area contributed by atoms with Gasteiger partial charge in [-0.25, -0.2) is 4.79 Å². The lowest BCUT2D eigenvalue weighted by atomic mass is 10.2. The Hall–Kier alpha value is -3.74. The van der Waals surface area contributed by atoms with E-state index < -0.39 is 0 Å². The van der Waals surface area contributed by atoms with Crippen LogP contribution in [0, 0.1) is 11.8 Å². The fourth-order valence-corrected chi connectivity index (χ4v) is 5.25. The summed E-state index contributed by atoms with van der Waals surface area (Å²) < 4.78 is 5.39. The van der Waals surface area contributed by atoms with E-state index in [4.69, 9.17) is 4.74 Å². The molecule has 0 aliphatic carbocycles. The van der Waals surface area contributed by atoms with Crippen LogP contribution in [0.15, 0.2) is 130 Å². The van der Waals surface area contributed by atoms with E-state index in [-0.39, 0.29) is 23.5 Å². The van der Waals surface area contributed by atoms with Crippen molar-refractivity contribution in [2.24, 2.45) is 0 Å². The average molecular weight is 422 g/mol. The normalized spacial score (nSPS) is 10.2. The summed E-state index contributed by atoms with van der Waals surface area (Å²) in [5.74, 6) is 5.53. The molecule has 0 aliphatic rings. The predicted molar refractivity (Wildman–Crippen MR) is 125 cm³/mol. The minimum atomic E-state index is -0.367. The molecule has 31 heavy (non-hydrogen) atoms. The van der Waals surface area contributed by atoms with Gasteiger partial charge in [-0.2, -0.15) is 0 Å². The van der Waals surface area contributed by atoms with Crippen molar-refractivity contribution in [1.82, 2.24) is 0 Å². The van der Waals surface area contributed by atoms with Crippen LogP contribution < -0.4 is 0 Å². The van der Waals surface area contributed by atoms with Crippen LogP contribution in [-0.2, 0) is 15.6 Å². The van der Waals surface area contributed by atoms with Gasteiger partial charge in [0.15, 0.2) is 21.3 Å². The molecule has 0 N–H and O–H groups in total. The Kier molecular flexibility index (Phi) is 6.85. The van der Waals surface area contributed by atoms with Crippen molar-refractivity contribution in [3.8, 4) is 11.8 Å². The van der Waals surface area contributed by atoms with E-state index in [0.717, 1.165) is 10.5 Å². The molecule has 4 rings (SSSR count). The summed E-state index contributed by atoms with van der Waals surface area (Å²) in [6.45, 7) is 0.0566. The average Bonchev–Trinajstić information content (AvgIpc) is 2.84. The minimum Gasteiger partial charge on any atom is -0.449 e. The molecule has 3 heteroatoms. The number of benzene rings is 4. The van der Waals surface area contributed by atoms with Crippen molar-refractivity contribution in [3.05, 3.63) is 126 Å². The molecule has 0 amide bonds. The molecule has 0 heterocycles. The van der Waals surface area contributed by atoms with Crippen LogP contribution in [0.25, 0.3) is 0 Å². The molecule has 0 atom stereocenters. The number of carbonyl (C=O) groups is 1. The molecule has 150 valence electrons. The Labute approximate surface area is 185 Å². The molecule has 4 aromatic carbocycles. The lowest BCUT2D eigenvalue weighted by Crippen LogP contribution is -2.09. The second kappa shape index (κ2) is 10.3. The third-order valence-corrected chi connectivity index (χ3v) is 6.76. The van der Waals surface area contributed by atoms with E-state index in [1.807, 2.05) is 78.9 Å². The second-order valence-electron chi connectivity index (χ2n) is 6.70. The van der Waals surface area contributed by atoms with E-state index in [1.54, 1.807) is 6.07 Å². The highest BCUT2D eigenvalue weighted by Crippen LogP contribution is 2.31. The van der Waals surface area contributed by atoms with E-state index in [0.29, 0.717) is 5.56 Å². The first-order chi connectivity index (χ1) is 15.3. The van der Waals surface area contributed by atoms with Gasteiger partial charge in [0.1, 0.15) is 0 Å². The van der Waals surface area contributed by atoms with Crippen LogP contribution in [0.2, 0.25) is 0 Å². The highest BCUT2D eigenvalue weighted by molar-refractivity contribution is 7.97. The van der Waals surface area contributed by atoms with Crippen molar-refractivity contribution in [2.45, 2.75) is 14.7 Å². The molecule has 0 aromatic heterocycles. The van der Waals surface area contributed by atoms with Gasteiger partial charge in [-0.1, -0.05) is 72.5 Å². The van der Waals surface area contributed by atoms with Gasteiger partial charge in [0.25, 0.3) is 0 Å². The first kappa shape index (κ1) is 20.5. The minimum absolute atomic E-state index is 0.0566. The maximum atomic E-state index is 12.6. The Morgan fingerprint density at radius 3 is 1.84 bits per heavy atom. The summed E-state index contributed by atoms with van der Waals surface area (Å²) in [7, 11) is -0.309. The Bertz CT molecular complexity index is 1150. The van der Waals surface area contributed by atoms with Gasteiger partial charge in [-0.05, 0) is 48.5 Å². The summed E-state index contributed by atoms with van der Waals surface area (Å²) in [4.78, 5) is 16.1. The largest absolute Gasteiger partial charge is 0.449 e. The number of hydrogen-bond acceptors (Lipinski definition) is 2. The molecule has 2 nitrogen and oxygen atoms in total. The number of ether oxygens (including phenoxy) is 1. The van der Waals surface area contributed by atoms with Gasteiger partial charge < -0.3 is 4.74 Å². The SMILES string of the molecule is O=C(OCC#Cc1ccccc1)c1cccc([S+](c2ccccc2)c2ccccc2)c1. The van der Waals surface area contributed by atoms with Crippen LogP contribution >= 0.6 is 0 Å². The summed E-state index contributed by atoms with van der Waals surface area (Å²) in [5.41, 5.74) is 1.43. The predicted octanol–water partition coefficient (Wildman–Crippen LogP) is 5.99. The second-order valence-corrected chi connectivity index (χ2v) is 8.73. The molecule has 0 fully saturated rings. The van der Waals surface area contributed by atoms with Crippen LogP contribution in [-0.4, -0.2) is 12.6 Å². The van der Waals surface area contributed by atoms with Crippen LogP contribution in [0.1, 0.15) is 15.9 Å². The molecule has 0 saturated heterocycles. The van der Waals surface area contributed by atoms with Gasteiger partial charge in [-0.15, -0.1) is 0 Å². The number of carbonyl (C=O) groups excluding carboxylic acids is 1. The molecule has 4 aromatic rings. The van der Waals surface area contributed by atoms with E-state index in [1.165, 1.54) is 9.79 Å². The Balaban J connectivity index is 1.55. The summed E-state index contributed by atoms with van der Waals surface area (Å²) >= 11 is 0. The summed E-state index contributed by atoms with van der Waals surface area (Å²) in [6.07, 6.45) is 0. The summed E-state index contributed by atoms with van der Waals surface area (Å²) in [5, 5.41) is 0. The number of rotatable bonds is 5. The van der Waals surface area contributed by atoms with Crippen molar-refractivity contribution < 1.29 is 9.53 Å². The highest BCUT2D eigenvalue weighted by atomic mass is 32.2. The fraction of sp³-hybridized carbons (Fsp3) is 0.0357. The van der Waals surface area contributed by atoms with Gasteiger partial charge in [-0.3, -0.25) is 0 Å². The lowest BCUT2D eigenvalue weighted by molar-refractivity contribution is 0.0556.